The van der Waals surface area contributed by atoms with Crippen LogP contribution in [0.3, 0.4) is 0 Å². The van der Waals surface area contributed by atoms with Gasteiger partial charge in [0.1, 0.15) is 5.75 Å². The number of halogens is 1. The highest BCUT2D eigenvalue weighted by Crippen LogP contribution is 2.26. The fourth-order valence-corrected chi connectivity index (χ4v) is 2.53. The number of amides is 1. The number of carbonyl (C=O) groups is 1. The lowest BCUT2D eigenvalue weighted by molar-refractivity contribution is -0.122. The van der Waals surface area contributed by atoms with Gasteiger partial charge < -0.3 is 10.1 Å². The van der Waals surface area contributed by atoms with E-state index in [1.165, 1.54) is 0 Å². The Kier molecular flexibility index (Phi) is 5.32. The summed E-state index contributed by atoms with van der Waals surface area (Å²) < 4.78 is 5.76. The van der Waals surface area contributed by atoms with Gasteiger partial charge in [-0.25, -0.2) is 0 Å². The first-order chi connectivity index (χ1) is 10.8. The Balaban J connectivity index is 2.08. The summed E-state index contributed by atoms with van der Waals surface area (Å²) in [7, 11) is 0. The summed E-state index contributed by atoms with van der Waals surface area (Å²) in [6.45, 7) is 9.57. The molecule has 0 aliphatic heterocycles. The average Bonchev–Trinajstić information content (AvgIpc) is 2.47. The van der Waals surface area contributed by atoms with Crippen LogP contribution in [0.5, 0.6) is 5.75 Å². The van der Waals surface area contributed by atoms with Crippen molar-refractivity contribution in [3.8, 4) is 5.75 Å². The van der Waals surface area contributed by atoms with Crippen LogP contribution in [0.25, 0.3) is 0 Å². The van der Waals surface area contributed by atoms with Crippen molar-refractivity contribution in [1.82, 2.24) is 0 Å². The molecule has 2 aromatic carbocycles. The standard InChI is InChI=1S/C19H22ClNO2/c1-11-6-7-17(12(2)8-11)21-19(22)15(5)23-16-9-13(3)18(20)14(4)10-16/h6-10,15H,1-5H3,(H,21,22)/t15-/m0/s1. The molecular weight excluding hydrogens is 310 g/mol. The van der Waals surface area contributed by atoms with Crippen LogP contribution in [-0.4, -0.2) is 12.0 Å². The maximum atomic E-state index is 12.3. The molecule has 0 aliphatic carbocycles. The average molecular weight is 332 g/mol. The van der Waals surface area contributed by atoms with Crippen molar-refractivity contribution >= 4 is 23.2 Å². The van der Waals surface area contributed by atoms with E-state index in [0.29, 0.717) is 5.75 Å². The van der Waals surface area contributed by atoms with Gasteiger partial charge in [0.15, 0.2) is 6.10 Å². The molecule has 23 heavy (non-hydrogen) atoms. The molecule has 122 valence electrons. The molecule has 0 unspecified atom stereocenters. The highest BCUT2D eigenvalue weighted by atomic mass is 35.5. The number of aryl methyl sites for hydroxylation is 4. The Morgan fingerprint density at radius 2 is 1.65 bits per heavy atom. The lowest BCUT2D eigenvalue weighted by atomic mass is 10.1. The molecule has 1 amide bonds. The third kappa shape index (κ3) is 4.26. The van der Waals surface area contributed by atoms with E-state index in [4.69, 9.17) is 16.3 Å². The summed E-state index contributed by atoms with van der Waals surface area (Å²) in [4.78, 5) is 12.3. The molecule has 1 N–H and O–H groups in total. The molecule has 0 radical (unpaired) electrons. The van der Waals surface area contributed by atoms with Gasteiger partial charge in [0.25, 0.3) is 5.91 Å². The van der Waals surface area contributed by atoms with E-state index < -0.39 is 6.10 Å². The Morgan fingerprint density at radius 1 is 1.04 bits per heavy atom. The summed E-state index contributed by atoms with van der Waals surface area (Å²) in [5, 5.41) is 3.63. The van der Waals surface area contributed by atoms with Crippen molar-refractivity contribution in [3.63, 3.8) is 0 Å². The number of nitrogens with one attached hydrogen (secondary N) is 1. The molecule has 0 aromatic heterocycles. The van der Waals surface area contributed by atoms with E-state index >= 15 is 0 Å². The van der Waals surface area contributed by atoms with Gasteiger partial charge in [0.2, 0.25) is 0 Å². The topological polar surface area (TPSA) is 38.3 Å². The van der Waals surface area contributed by atoms with E-state index in [9.17, 15) is 4.79 Å². The maximum absolute atomic E-state index is 12.3. The van der Waals surface area contributed by atoms with E-state index in [-0.39, 0.29) is 5.91 Å². The maximum Gasteiger partial charge on any atom is 0.265 e. The van der Waals surface area contributed by atoms with Gasteiger partial charge in [-0.1, -0.05) is 29.3 Å². The molecule has 0 saturated heterocycles. The molecule has 0 spiro atoms. The zero-order valence-corrected chi connectivity index (χ0v) is 14.9. The minimum atomic E-state index is -0.601. The molecular formula is C19H22ClNO2. The van der Waals surface area contributed by atoms with Crippen molar-refractivity contribution in [2.45, 2.75) is 40.7 Å². The van der Waals surface area contributed by atoms with Crippen molar-refractivity contribution in [2.24, 2.45) is 0 Å². The van der Waals surface area contributed by atoms with E-state index in [1.54, 1.807) is 6.92 Å². The van der Waals surface area contributed by atoms with Gasteiger partial charge in [-0.05, 0) is 69.5 Å². The van der Waals surface area contributed by atoms with Gasteiger partial charge in [-0.2, -0.15) is 0 Å². The number of anilines is 1. The second-order valence-corrected chi connectivity index (χ2v) is 6.32. The molecule has 0 heterocycles. The van der Waals surface area contributed by atoms with Crippen molar-refractivity contribution in [2.75, 3.05) is 5.32 Å². The molecule has 2 aromatic rings. The minimum Gasteiger partial charge on any atom is -0.481 e. The molecule has 2 rings (SSSR count). The number of ether oxygens (including phenoxy) is 1. The predicted octanol–water partition coefficient (Wildman–Crippen LogP) is 4.98. The van der Waals surface area contributed by atoms with E-state index in [0.717, 1.165) is 33.0 Å². The summed E-state index contributed by atoms with van der Waals surface area (Å²) in [5.41, 5.74) is 4.87. The Morgan fingerprint density at radius 3 is 2.22 bits per heavy atom. The summed E-state index contributed by atoms with van der Waals surface area (Å²) in [6.07, 6.45) is -0.601. The fraction of sp³-hybridized carbons (Fsp3) is 0.316. The first kappa shape index (κ1) is 17.4. The smallest absolute Gasteiger partial charge is 0.265 e. The Labute approximate surface area is 142 Å². The van der Waals surface area contributed by atoms with Crippen molar-refractivity contribution in [1.29, 1.82) is 0 Å². The van der Waals surface area contributed by atoms with E-state index in [2.05, 4.69) is 5.32 Å². The van der Waals surface area contributed by atoms with Crippen LogP contribution in [-0.2, 0) is 4.79 Å². The quantitative estimate of drug-likeness (QED) is 0.858. The normalized spacial score (nSPS) is 11.9. The summed E-state index contributed by atoms with van der Waals surface area (Å²) >= 11 is 6.15. The molecule has 0 aliphatic rings. The summed E-state index contributed by atoms with van der Waals surface area (Å²) in [5.74, 6) is 0.467. The third-order valence-electron chi connectivity index (χ3n) is 3.73. The molecule has 0 bridgehead atoms. The molecule has 1 atom stereocenters. The fourth-order valence-electron chi connectivity index (χ4n) is 2.42. The van der Waals surface area contributed by atoms with Crippen molar-refractivity contribution in [3.05, 3.63) is 57.6 Å². The Bertz CT molecular complexity index is 717. The second kappa shape index (κ2) is 7.05. The number of hydrogen-bond acceptors (Lipinski definition) is 2. The second-order valence-electron chi connectivity index (χ2n) is 5.94. The number of benzene rings is 2. The molecule has 0 saturated carbocycles. The van der Waals surface area contributed by atoms with Crippen molar-refractivity contribution < 1.29 is 9.53 Å². The van der Waals surface area contributed by atoms with Crippen LogP contribution < -0.4 is 10.1 Å². The van der Waals surface area contributed by atoms with Gasteiger partial charge in [0.05, 0.1) is 0 Å². The van der Waals surface area contributed by atoms with Gasteiger partial charge >= 0.3 is 0 Å². The number of hydrogen-bond donors (Lipinski definition) is 1. The van der Waals surface area contributed by atoms with Gasteiger partial charge in [-0.15, -0.1) is 0 Å². The van der Waals surface area contributed by atoms with Crippen LogP contribution in [0.4, 0.5) is 5.69 Å². The van der Waals surface area contributed by atoms with Crippen LogP contribution >= 0.6 is 11.6 Å². The first-order valence-corrected chi connectivity index (χ1v) is 7.97. The van der Waals surface area contributed by atoms with Crippen LogP contribution in [0.15, 0.2) is 30.3 Å². The van der Waals surface area contributed by atoms with E-state index in [1.807, 2.05) is 58.0 Å². The number of rotatable bonds is 4. The summed E-state index contributed by atoms with van der Waals surface area (Å²) in [6, 6.07) is 9.60. The van der Waals surface area contributed by atoms with Crippen LogP contribution in [0.2, 0.25) is 5.02 Å². The first-order valence-electron chi connectivity index (χ1n) is 7.59. The largest absolute Gasteiger partial charge is 0.481 e. The van der Waals surface area contributed by atoms with Crippen LogP contribution in [0.1, 0.15) is 29.2 Å². The molecule has 0 fully saturated rings. The zero-order chi connectivity index (χ0) is 17.1. The molecule has 3 nitrogen and oxygen atoms in total. The predicted molar refractivity (Wildman–Crippen MR) is 95.6 cm³/mol. The monoisotopic (exact) mass is 331 g/mol. The minimum absolute atomic E-state index is 0.179. The zero-order valence-electron chi connectivity index (χ0n) is 14.2. The Hall–Kier alpha value is -2.00. The van der Waals surface area contributed by atoms with Crippen LogP contribution in [0, 0.1) is 27.7 Å². The molecule has 4 heteroatoms. The highest BCUT2D eigenvalue weighted by Gasteiger charge is 2.16. The number of carbonyl (C=O) groups excluding carboxylic acids is 1. The lowest BCUT2D eigenvalue weighted by Gasteiger charge is -2.17. The third-order valence-corrected chi connectivity index (χ3v) is 4.33. The van der Waals surface area contributed by atoms with Gasteiger partial charge in [-0.3, -0.25) is 4.79 Å². The SMILES string of the molecule is Cc1ccc(NC(=O)[C@H](C)Oc2cc(C)c(Cl)c(C)c2)c(C)c1. The highest BCUT2D eigenvalue weighted by molar-refractivity contribution is 6.32. The van der Waals surface area contributed by atoms with Gasteiger partial charge in [0, 0.05) is 10.7 Å². The lowest BCUT2D eigenvalue weighted by Crippen LogP contribution is -2.30.